The monoisotopic (exact) mass is 248 g/mol. The van der Waals surface area contributed by atoms with Crippen molar-refractivity contribution in [2.24, 2.45) is 11.7 Å². The Bertz CT molecular complexity index is 441. The van der Waals surface area contributed by atoms with Crippen molar-refractivity contribution in [2.75, 3.05) is 24.2 Å². The van der Waals surface area contributed by atoms with Gasteiger partial charge in [-0.25, -0.2) is 4.98 Å². The van der Waals surface area contributed by atoms with Crippen LogP contribution in [-0.4, -0.2) is 24.5 Å². The third-order valence-electron chi connectivity index (χ3n) is 3.53. The van der Waals surface area contributed by atoms with E-state index in [-0.39, 0.29) is 5.69 Å². The summed E-state index contributed by atoms with van der Waals surface area (Å²) >= 11 is 0. The van der Waals surface area contributed by atoms with Crippen molar-refractivity contribution in [3.63, 3.8) is 0 Å². The number of hydrogen-bond donors (Lipinski definition) is 2. The van der Waals surface area contributed by atoms with Crippen molar-refractivity contribution >= 4 is 17.4 Å². The van der Waals surface area contributed by atoms with Crippen LogP contribution in [0.2, 0.25) is 0 Å². The Labute approximate surface area is 107 Å². The van der Waals surface area contributed by atoms with Crippen LogP contribution < -0.4 is 16.4 Å². The molecule has 0 saturated heterocycles. The van der Waals surface area contributed by atoms with E-state index in [4.69, 9.17) is 11.5 Å². The van der Waals surface area contributed by atoms with Crippen molar-refractivity contribution < 1.29 is 4.79 Å². The molecule has 1 heterocycles. The Morgan fingerprint density at radius 3 is 2.72 bits per heavy atom. The minimum Gasteiger partial charge on any atom is -0.396 e. The molecule has 0 atom stereocenters. The highest BCUT2D eigenvalue weighted by molar-refractivity contribution is 5.91. The smallest absolute Gasteiger partial charge is 0.267 e. The molecule has 0 bridgehead atoms. The number of aromatic nitrogens is 1. The summed E-state index contributed by atoms with van der Waals surface area (Å²) in [5, 5.41) is 0. The molecule has 5 heteroatoms. The summed E-state index contributed by atoms with van der Waals surface area (Å²) in [6.45, 7) is 0.930. The molecule has 1 aromatic heterocycles. The Morgan fingerprint density at radius 2 is 2.11 bits per heavy atom. The quantitative estimate of drug-likeness (QED) is 0.843. The maximum absolute atomic E-state index is 11.1. The highest BCUT2D eigenvalue weighted by atomic mass is 16.1. The first kappa shape index (κ1) is 12.7. The maximum atomic E-state index is 11.1. The predicted molar refractivity (Wildman–Crippen MR) is 72.4 cm³/mol. The van der Waals surface area contributed by atoms with Crippen molar-refractivity contribution in [3.05, 3.63) is 17.8 Å². The van der Waals surface area contributed by atoms with E-state index < -0.39 is 5.91 Å². The van der Waals surface area contributed by atoms with Gasteiger partial charge in [-0.15, -0.1) is 0 Å². The van der Waals surface area contributed by atoms with Crippen LogP contribution in [0.3, 0.4) is 0 Å². The molecular formula is C13H20N4O. The molecule has 0 aliphatic heterocycles. The van der Waals surface area contributed by atoms with Gasteiger partial charge in [0.05, 0.1) is 5.69 Å². The fraction of sp³-hybridized carbons (Fsp3) is 0.538. The van der Waals surface area contributed by atoms with Crippen molar-refractivity contribution in [3.8, 4) is 0 Å². The summed E-state index contributed by atoms with van der Waals surface area (Å²) < 4.78 is 0. The zero-order valence-corrected chi connectivity index (χ0v) is 10.7. The number of nitrogen functional groups attached to an aromatic ring is 1. The molecule has 0 spiro atoms. The molecule has 0 unspecified atom stereocenters. The molecule has 1 amide bonds. The largest absolute Gasteiger partial charge is 0.396 e. The first-order valence-corrected chi connectivity index (χ1v) is 6.35. The van der Waals surface area contributed by atoms with Crippen LogP contribution in [0.5, 0.6) is 0 Å². The molecule has 0 aromatic carbocycles. The Hall–Kier alpha value is -1.78. The van der Waals surface area contributed by atoms with Gasteiger partial charge in [-0.3, -0.25) is 4.79 Å². The molecular weight excluding hydrogens is 228 g/mol. The first-order chi connectivity index (χ1) is 8.58. The summed E-state index contributed by atoms with van der Waals surface area (Å²) in [5.74, 6) is 0.831. The van der Waals surface area contributed by atoms with E-state index >= 15 is 0 Å². The zero-order valence-electron chi connectivity index (χ0n) is 10.7. The second-order valence-corrected chi connectivity index (χ2v) is 5.00. The topological polar surface area (TPSA) is 85.2 Å². The zero-order chi connectivity index (χ0) is 13.1. The van der Waals surface area contributed by atoms with E-state index in [9.17, 15) is 4.79 Å². The van der Waals surface area contributed by atoms with E-state index in [2.05, 4.69) is 4.98 Å². The van der Waals surface area contributed by atoms with Gasteiger partial charge in [0.1, 0.15) is 5.69 Å². The normalized spacial score (nSPS) is 15.8. The second kappa shape index (κ2) is 5.25. The van der Waals surface area contributed by atoms with E-state index in [0.717, 1.165) is 6.54 Å². The van der Waals surface area contributed by atoms with E-state index in [0.29, 0.717) is 17.4 Å². The highest BCUT2D eigenvalue weighted by Gasteiger charge is 2.19. The fourth-order valence-electron chi connectivity index (χ4n) is 2.57. The number of nitrogens with zero attached hydrogens (tertiary/aromatic N) is 2. The van der Waals surface area contributed by atoms with Crippen molar-refractivity contribution in [2.45, 2.75) is 25.7 Å². The molecule has 1 saturated carbocycles. The lowest BCUT2D eigenvalue weighted by molar-refractivity contribution is 0.0995. The third kappa shape index (κ3) is 2.72. The SMILES string of the molecule is CN(CC1CCCC1)c1nc(C(N)=O)ccc1N. The van der Waals surface area contributed by atoms with Gasteiger partial charge >= 0.3 is 0 Å². The summed E-state index contributed by atoms with van der Waals surface area (Å²) in [6, 6.07) is 3.25. The molecule has 98 valence electrons. The maximum Gasteiger partial charge on any atom is 0.267 e. The van der Waals surface area contributed by atoms with Crippen LogP contribution in [0.1, 0.15) is 36.2 Å². The predicted octanol–water partition coefficient (Wildman–Crippen LogP) is 1.39. The number of amides is 1. The summed E-state index contributed by atoms with van der Waals surface area (Å²) in [6.07, 6.45) is 5.14. The molecule has 5 nitrogen and oxygen atoms in total. The van der Waals surface area contributed by atoms with Gasteiger partial charge in [0, 0.05) is 13.6 Å². The van der Waals surface area contributed by atoms with Crippen LogP contribution in [0.15, 0.2) is 12.1 Å². The van der Waals surface area contributed by atoms with Gasteiger partial charge in [0.15, 0.2) is 5.82 Å². The van der Waals surface area contributed by atoms with Crippen LogP contribution >= 0.6 is 0 Å². The lowest BCUT2D eigenvalue weighted by Gasteiger charge is -2.23. The minimum atomic E-state index is -0.523. The van der Waals surface area contributed by atoms with Gasteiger partial charge in [-0.05, 0) is 30.9 Å². The lowest BCUT2D eigenvalue weighted by Crippen LogP contribution is -2.27. The highest BCUT2D eigenvalue weighted by Crippen LogP contribution is 2.28. The van der Waals surface area contributed by atoms with E-state index in [1.54, 1.807) is 12.1 Å². The van der Waals surface area contributed by atoms with Crippen molar-refractivity contribution in [1.29, 1.82) is 0 Å². The van der Waals surface area contributed by atoms with Gasteiger partial charge in [0.25, 0.3) is 5.91 Å². The fourth-order valence-corrected chi connectivity index (χ4v) is 2.57. The number of carbonyl (C=O) groups excluding carboxylic acids is 1. The summed E-state index contributed by atoms with van der Waals surface area (Å²) in [5.41, 5.74) is 12.0. The summed E-state index contributed by atoms with van der Waals surface area (Å²) in [4.78, 5) is 17.4. The second-order valence-electron chi connectivity index (χ2n) is 5.00. The Morgan fingerprint density at radius 1 is 1.44 bits per heavy atom. The van der Waals surface area contributed by atoms with Crippen LogP contribution in [0.4, 0.5) is 11.5 Å². The molecule has 0 radical (unpaired) electrons. The van der Waals surface area contributed by atoms with Gasteiger partial charge < -0.3 is 16.4 Å². The Kier molecular flexibility index (Phi) is 3.69. The standard InChI is InChI=1S/C13H20N4O/c1-17(8-9-4-2-3-5-9)13-10(14)6-7-11(16-13)12(15)18/h6-7,9H,2-5,8,14H2,1H3,(H2,15,18). The Balaban J connectivity index is 2.14. The minimum absolute atomic E-state index is 0.262. The number of anilines is 2. The number of rotatable bonds is 4. The van der Waals surface area contributed by atoms with Crippen LogP contribution in [-0.2, 0) is 0 Å². The number of hydrogen-bond acceptors (Lipinski definition) is 4. The van der Waals surface area contributed by atoms with Crippen LogP contribution in [0.25, 0.3) is 0 Å². The average molecular weight is 248 g/mol. The number of pyridine rings is 1. The lowest BCUT2D eigenvalue weighted by atomic mass is 10.1. The van der Waals surface area contributed by atoms with Crippen LogP contribution in [0, 0.1) is 5.92 Å². The number of carbonyl (C=O) groups is 1. The molecule has 2 rings (SSSR count). The average Bonchev–Trinajstić information content (AvgIpc) is 2.81. The van der Waals surface area contributed by atoms with Gasteiger partial charge in [-0.1, -0.05) is 12.8 Å². The molecule has 1 fully saturated rings. The third-order valence-corrected chi connectivity index (χ3v) is 3.53. The van der Waals surface area contributed by atoms with E-state index in [1.807, 2.05) is 11.9 Å². The molecule has 4 N–H and O–H groups in total. The molecule has 18 heavy (non-hydrogen) atoms. The molecule has 1 aliphatic carbocycles. The van der Waals surface area contributed by atoms with Crippen molar-refractivity contribution in [1.82, 2.24) is 4.98 Å². The molecule has 1 aliphatic rings. The first-order valence-electron chi connectivity index (χ1n) is 6.35. The molecule has 1 aromatic rings. The van der Waals surface area contributed by atoms with E-state index in [1.165, 1.54) is 25.7 Å². The van der Waals surface area contributed by atoms with Gasteiger partial charge in [-0.2, -0.15) is 0 Å². The number of primary amides is 1. The summed E-state index contributed by atoms with van der Waals surface area (Å²) in [7, 11) is 1.96. The number of nitrogens with two attached hydrogens (primary N) is 2. The van der Waals surface area contributed by atoms with Gasteiger partial charge in [0.2, 0.25) is 0 Å².